The van der Waals surface area contributed by atoms with Gasteiger partial charge in [0.1, 0.15) is 0 Å². The number of aromatic nitrogens is 1. The predicted molar refractivity (Wildman–Crippen MR) is 52.3 cm³/mol. The molecule has 0 spiro atoms. The molecule has 0 saturated carbocycles. The minimum absolute atomic E-state index is 0.461. The summed E-state index contributed by atoms with van der Waals surface area (Å²) >= 11 is 1.29. The second-order valence-corrected chi connectivity index (χ2v) is 3.31. The van der Waals surface area contributed by atoms with Gasteiger partial charge in [-0.1, -0.05) is 0 Å². The van der Waals surface area contributed by atoms with Gasteiger partial charge in [-0.15, -0.1) is 11.3 Å². The Kier molecular flexibility index (Phi) is 3.35. The average molecular weight is 212 g/mol. The molecule has 1 heterocycles. The van der Waals surface area contributed by atoms with Gasteiger partial charge in [-0.05, 0) is 6.92 Å². The smallest absolute Gasteiger partial charge is 0.328 e. The minimum Gasteiger partial charge on any atom is -0.478 e. The van der Waals surface area contributed by atoms with Crippen LogP contribution in [0.5, 0.6) is 0 Å². The first-order valence-electron chi connectivity index (χ1n) is 3.72. The molecule has 0 atom stereocenters. The van der Waals surface area contributed by atoms with Gasteiger partial charge in [0, 0.05) is 17.5 Å². The van der Waals surface area contributed by atoms with Gasteiger partial charge in [0.25, 0.3) is 0 Å². The van der Waals surface area contributed by atoms with E-state index in [1.54, 1.807) is 12.3 Å². The number of rotatable bonds is 3. The number of thiazole rings is 1. The Morgan fingerprint density at radius 2 is 2.29 bits per heavy atom. The van der Waals surface area contributed by atoms with Crippen LogP contribution in [0.15, 0.2) is 17.5 Å². The van der Waals surface area contributed by atoms with Crippen LogP contribution >= 0.6 is 11.3 Å². The van der Waals surface area contributed by atoms with Crippen molar-refractivity contribution in [1.82, 2.24) is 4.98 Å². The summed E-state index contributed by atoms with van der Waals surface area (Å²) < 4.78 is 0. The third kappa shape index (κ3) is 3.36. The van der Waals surface area contributed by atoms with Gasteiger partial charge in [-0.25, -0.2) is 9.78 Å². The van der Waals surface area contributed by atoms with E-state index in [1.807, 2.05) is 0 Å². The summed E-state index contributed by atoms with van der Waals surface area (Å²) in [5, 5.41) is 12.9. The van der Waals surface area contributed by atoms with Crippen molar-refractivity contribution in [2.75, 3.05) is 5.32 Å². The predicted octanol–water partition coefficient (Wildman–Crippen LogP) is 1.03. The summed E-state index contributed by atoms with van der Waals surface area (Å²) in [6.45, 7) is 1.80. The van der Waals surface area contributed by atoms with E-state index in [-0.39, 0.29) is 0 Å². The van der Waals surface area contributed by atoms with Gasteiger partial charge >= 0.3 is 5.97 Å². The number of nitrogens with one attached hydrogen (secondary N) is 1. The molecule has 6 heteroatoms. The molecule has 0 bridgehead atoms. The molecule has 0 aliphatic heterocycles. The number of carbonyl (C=O) groups is 2. The zero-order valence-electron chi connectivity index (χ0n) is 7.35. The van der Waals surface area contributed by atoms with E-state index in [1.165, 1.54) is 11.3 Å². The Bertz CT molecular complexity index is 384. The van der Waals surface area contributed by atoms with E-state index in [2.05, 4.69) is 10.3 Å². The Labute approximate surface area is 84.1 Å². The molecule has 74 valence electrons. The number of hydrogen-bond donors (Lipinski definition) is 2. The van der Waals surface area contributed by atoms with Crippen molar-refractivity contribution in [2.24, 2.45) is 0 Å². The first-order chi connectivity index (χ1) is 6.58. The second kappa shape index (κ2) is 4.52. The largest absolute Gasteiger partial charge is 0.478 e. The van der Waals surface area contributed by atoms with E-state index in [4.69, 9.17) is 5.11 Å². The van der Waals surface area contributed by atoms with Gasteiger partial charge in [0.15, 0.2) is 5.13 Å². The number of carboxylic acids is 1. The van der Waals surface area contributed by atoms with Crippen LogP contribution in [0.1, 0.15) is 5.69 Å². The van der Waals surface area contributed by atoms with Crippen LogP contribution in [0.2, 0.25) is 0 Å². The van der Waals surface area contributed by atoms with Crippen LogP contribution < -0.4 is 5.32 Å². The molecule has 1 amide bonds. The molecule has 14 heavy (non-hydrogen) atoms. The van der Waals surface area contributed by atoms with Crippen molar-refractivity contribution in [3.8, 4) is 0 Å². The fourth-order valence-corrected chi connectivity index (χ4v) is 1.40. The Hall–Kier alpha value is -1.69. The van der Waals surface area contributed by atoms with Crippen LogP contribution in [0, 0.1) is 6.92 Å². The number of aryl methyl sites for hydroxylation is 1. The van der Waals surface area contributed by atoms with Crippen molar-refractivity contribution >= 4 is 28.3 Å². The highest BCUT2D eigenvalue weighted by molar-refractivity contribution is 7.13. The van der Waals surface area contributed by atoms with E-state index in [0.29, 0.717) is 5.13 Å². The summed E-state index contributed by atoms with van der Waals surface area (Å²) in [5.41, 5.74) is 0.813. The van der Waals surface area contributed by atoms with Crippen molar-refractivity contribution in [3.05, 3.63) is 23.2 Å². The molecule has 1 rings (SSSR count). The normalized spacial score (nSPS) is 10.4. The average Bonchev–Trinajstić information content (AvgIpc) is 2.48. The van der Waals surface area contributed by atoms with Gasteiger partial charge in [0.2, 0.25) is 5.91 Å². The summed E-state index contributed by atoms with van der Waals surface area (Å²) in [6.07, 6.45) is 1.72. The Morgan fingerprint density at radius 3 is 2.79 bits per heavy atom. The maximum Gasteiger partial charge on any atom is 0.328 e. The van der Waals surface area contributed by atoms with Crippen molar-refractivity contribution in [3.63, 3.8) is 0 Å². The van der Waals surface area contributed by atoms with Crippen LogP contribution in [0.4, 0.5) is 5.13 Å². The number of anilines is 1. The second-order valence-electron chi connectivity index (χ2n) is 2.45. The zero-order valence-corrected chi connectivity index (χ0v) is 8.17. The zero-order chi connectivity index (χ0) is 10.6. The topological polar surface area (TPSA) is 79.3 Å². The van der Waals surface area contributed by atoms with E-state index >= 15 is 0 Å². The Morgan fingerprint density at radius 1 is 1.57 bits per heavy atom. The van der Waals surface area contributed by atoms with Gasteiger partial charge in [-0.2, -0.15) is 0 Å². The molecule has 0 aromatic carbocycles. The van der Waals surface area contributed by atoms with Crippen LogP contribution in [0.3, 0.4) is 0 Å². The molecule has 1 aromatic heterocycles. The molecule has 0 aliphatic carbocycles. The molecular weight excluding hydrogens is 204 g/mol. The van der Waals surface area contributed by atoms with Gasteiger partial charge in [-0.3, -0.25) is 10.1 Å². The summed E-state index contributed by atoms with van der Waals surface area (Å²) in [4.78, 5) is 25.1. The lowest BCUT2D eigenvalue weighted by molar-refractivity contribution is -0.131. The fraction of sp³-hybridized carbons (Fsp3) is 0.125. The SMILES string of the molecule is Cc1csc(NC(=O)C=CC(=O)O)n1. The number of carbonyl (C=O) groups excluding carboxylic acids is 1. The fourth-order valence-electron chi connectivity index (χ4n) is 0.705. The van der Waals surface area contributed by atoms with E-state index in [0.717, 1.165) is 17.8 Å². The quantitative estimate of drug-likeness (QED) is 0.733. The number of aliphatic carboxylic acids is 1. The molecule has 5 nitrogen and oxygen atoms in total. The number of nitrogens with zero attached hydrogens (tertiary/aromatic N) is 1. The van der Waals surface area contributed by atoms with Crippen LogP contribution in [-0.2, 0) is 9.59 Å². The first kappa shape index (κ1) is 10.4. The number of hydrogen-bond acceptors (Lipinski definition) is 4. The molecular formula is C8H8N2O3S. The third-order valence-corrected chi connectivity index (χ3v) is 2.10. The molecule has 0 saturated heterocycles. The van der Waals surface area contributed by atoms with Gasteiger partial charge in [0.05, 0.1) is 5.69 Å². The molecule has 2 N–H and O–H groups in total. The molecule has 1 aromatic rings. The molecule has 0 radical (unpaired) electrons. The van der Waals surface area contributed by atoms with Crippen molar-refractivity contribution in [1.29, 1.82) is 0 Å². The van der Waals surface area contributed by atoms with Crippen LogP contribution in [0.25, 0.3) is 0 Å². The maximum atomic E-state index is 11.0. The Balaban J connectivity index is 2.53. The molecule has 0 fully saturated rings. The highest BCUT2D eigenvalue weighted by Crippen LogP contribution is 2.13. The highest BCUT2D eigenvalue weighted by atomic mass is 32.1. The van der Waals surface area contributed by atoms with Crippen molar-refractivity contribution in [2.45, 2.75) is 6.92 Å². The number of amides is 1. The maximum absolute atomic E-state index is 11.0. The summed E-state index contributed by atoms with van der Waals surface area (Å²) in [7, 11) is 0. The molecule has 0 unspecified atom stereocenters. The lowest BCUT2D eigenvalue weighted by Crippen LogP contribution is -2.08. The number of carboxylic acid groups (broad SMARTS) is 1. The molecule has 0 aliphatic rings. The highest BCUT2D eigenvalue weighted by Gasteiger charge is 2.01. The van der Waals surface area contributed by atoms with Gasteiger partial charge < -0.3 is 5.11 Å². The standard InChI is InChI=1S/C8H8N2O3S/c1-5-4-14-8(9-5)10-6(11)2-3-7(12)13/h2-4H,1H3,(H,12,13)(H,9,10,11). The van der Waals surface area contributed by atoms with Crippen molar-refractivity contribution < 1.29 is 14.7 Å². The summed E-state index contributed by atoms with van der Waals surface area (Å²) in [5.74, 6) is -1.66. The lowest BCUT2D eigenvalue weighted by atomic mass is 10.5. The van der Waals surface area contributed by atoms with E-state index < -0.39 is 11.9 Å². The lowest BCUT2D eigenvalue weighted by Gasteiger charge is -1.93. The first-order valence-corrected chi connectivity index (χ1v) is 4.60. The third-order valence-electron chi connectivity index (χ3n) is 1.23. The monoisotopic (exact) mass is 212 g/mol. The van der Waals surface area contributed by atoms with Crippen LogP contribution in [-0.4, -0.2) is 22.0 Å². The minimum atomic E-state index is -1.16. The summed E-state index contributed by atoms with van der Waals surface area (Å²) in [6, 6.07) is 0. The van der Waals surface area contributed by atoms with E-state index in [9.17, 15) is 9.59 Å².